The summed E-state index contributed by atoms with van der Waals surface area (Å²) < 4.78 is 29.4. The fourth-order valence-corrected chi connectivity index (χ4v) is 4.13. The van der Waals surface area contributed by atoms with Crippen LogP contribution in [0, 0.1) is 10.1 Å². The molecule has 3 rings (SSSR count). The van der Waals surface area contributed by atoms with Crippen LogP contribution in [-0.2, 0) is 14.1 Å². The van der Waals surface area contributed by atoms with Gasteiger partial charge < -0.3 is 18.7 Å². The number of fused-ring (bicyclic) bond motifs is 1. The first-order chi connectivity index (χ1) is 13.8. The number of esters is 1. The van der Waals surface area contributed by atoms with Crippen molar-refractivity contribution in [2.24, 2.45) is 0 Å². The van der Waals surface area contributed by atoms with E-state index >= 15 is 0 Å². The van der Waals surface area contributed by atoms with Crippen LogP contribution in [0.2, 0.25) is 0 Å². The fraction of sp³-hybridized carbons (Fsp3) is 0.278. The first-order valence-corrected chi connectivity index (χ1v) is 10.2. The number of likely N-dealkylation sites (N-methyl/N-ethyl adjacent to an activating group) is 1. The molecular weight excluding hydrogens is 401 g/mol. The molecule has 29 heavy (non-hydrogen) atoms. The topological polar surface area (TPSA) is 120 Å². The zero-order chi connectivity index (χ0) is 21.0. The largest absolute Gasteiger partial charge is 0.513 e. The third-order valence-electron chi connectivity index (χ3n) is 4.01. The summed E-state index contributed by atoms with van der Waals surface area (Å²) in [6.07, 6.45) is 0. The Morgan fingerprint density at radius 3 is 2.66 bits per heavy atom. The van der Waals surface area contributed by atoms with Gasteiger partial charge in [-0.2, -0.15) is 5.09 Å². The number of non-ortho nitro benzene ring substituents is 1. The molecule has 0 amide bonds. The zero-order valence-corrected chi connectivity index (χ0v) is 16.7. The van der Waals surface area contributed by atoms with Gasteiger partial charge in [-0.25, -0.2) is 9.36 Å². The van der Waals surface area contributed by atoms with E-state index in [2.05, 4.69) is 5.09 Å². The second-order valence-electron chi connectivity index (χ2n) is 6.51. The monoisotopic (exact) mass is 421 g/mol. The molecule has 10 nitrogen and oxygen atoms in total. The van der Waals surface area contributed by atoms with Gasteiger partial charge in [-0.1, -0.05) is 18.2 Å². The summed E-state index contributed by atoms with van der Waals surface area (Å²) in [7, 11) is -0.358. The predicted octanol–water partition coefficient (Wildman–Crippen LogP) is 2.91. The van der Waals surface area contributed by atoms with Gasteiger partial charge in [-0.15, -0.1) is 0 Å². The van der Waals surface area contributed by atoms with Gasteiger partial charge >= 0.3 is 13.7 Å². The standard InChI is InChI=1S/C18H20N3O7P/c1-20(2)10-11-26-18(22)17-15-12-13(21(23)24)8-9-16(15)28-29(25,19-17)27-14-6-4-3-5-7-14/h3-9,12,17H,10-11H2,1-2H3,(H,19,25)/t17-,29?/m0/s1. The summed E-state index contributed by atoms with van der Waals surface area (Å²) in [6.45, 7) is 0.577. The van der Waals surface area contributed by atoms with Crippen LogP contribution in [0.25, 0.3) is 0 Å². The zero-order valence-electron chi connectivity index (χ0n) is 15.8. The number of nitro benzene ring substituents is 1. The van der Waals surface area contributed by atoms with Crippen molar-refractivity contribution in [2.75, 3.05) is 27.2 Å². The quantitative estimate of drug-likeness (QED) is 0.311. The van der Waals surface area contributed by atoms with E-state index in [9.17, 15) is 19.5 Å². The SMILES string of the molecule is CN(C)CCOC(=O)[C@H]1NP(=O)(Oc2ccccc2)Oc2ccc([N+](=O)[O-])cc21. The number of carbonyl (C=O) groups is 1. The number of benzene rings is 2. The third-order valence-corrected chi connectivity index (χ3v) is 5.47. The second-order valence-corrected chi connectivity index (χ2v) is 8.12. The molecule has 0 aromatic heterocycles. The summed E-state index contributed by atoms with van der Waals surface area (Å²) in [6, 6.07) is 10.7. The Labute approximate surface area is 167 Å². The van der Waals surface area contributed by atoms with Crippen LogP contribution in [-0.4, -0.2) is 43.0 Å². The first-order valence-electron chi connectivity index (χ1n) is 8.69. The van der Waals surface area contributed by atoms with Crippen LogP contribution in [0.5, 0.6) is 11.5 Å². The molecule has 0 saturated heterocycles. The van der Waals surface area contributed by atoms with E-state index in [1.54, 1.807) is 30.3 Å². The van der Waals surface area contributed by atoms with E-state index in [0.29, 0.717) is 6.54 Å². The van der Waals surface area contributed by atoms with Gasteiger partial charge in [0.2, 0.25) is 0 Å². The number of carbonyl (C=O) groups excluding carboxylic acids is 1. The minimum Gasteiger partial charge on any atom is -0.463 e. The molecule has 0 spiro atoms. The lowest BCUT2D eigenvalue weighted by atomic mass is 10.1. The van der Waals surface area contributed by atoms with Crippen LogP contribution in [0.3, 0.4) is 0 Å². The van der Waals surface area contributed by atoms with E-state index in [1.807, 2.05) is 19.0 Å². The predicted molar refractivity (Wildman–Crippen MR) is 104 cm³/mol. The highest BCUT2D eigenvalue weighted by Crippen LogP contribution is 2.53. The highest BCUT2D eigenvalue weighted by Gasteiger charge is 2.43. The van der Waals surface area contributed by atoms with E-state index in [0.717, 1.165) is 0 Å². The number of hydrogen-bond donors (Lipinski definition) is 1. The van der Waals surface area contributed by atoms with Gasteiger partial charge in [-0.3, -0.25) is 10.1 Å². The van der Waals surface area contributed by atoms with Gasteiger partial charge in [0.15, 0.2) is 0 Å². The molecule has 0 fully saturated rings. The van der Waals surface area contributed by atoms with Crippen LogP contribution in [0.4, 0.5) is 5.69 Å². The summed E-state index contributed by atoms with van der Waals surface area (Å²) >= 11 is 0. The molecule has 11 heteroatoms. The average Bonchev–Trinajstić information content (AvgIpc) is 2.67. The fourth-order valence-electron chi connectivity index (χ4n) is 2.60. The highest BCUT2D eigenvalue weighted by atomic mass is 31.2. The molecule has 2 atom stereocenters. The van der Waals surface area contributed by atoms with E-state index in [4.69, 9.17) is 13.8 Å². The summed E-state index contributed by atoms with van der Waals surface area (Å²) in [4.78, 5) is 25.0. The minimum absolute atomic E-state index is 0.0446. The summed E-state index contributed by atoms with van der Waals surface area (Å²) in [5.41, 5.74) is -0.0851. The molecule has 0 aliphatic carbocycles. The van der Waals surface area contributed by atoms with Gasteiger partial charge in [0.1, 0.15) is 24.1 Å². The molecule has 0 saturated carbocycles. The molecule has 1 unspecified atom stereocenters. The Morgan fingerprint density at radius 1 is 1.28 bits per heavy atom. The maximum atomic E-state index is 13.2. The van der Waals surface area contributed by atoms with Crippen molar-refractivity contribution < 1.29 is 28.1 Å². The number of nitro groups is 1. The Kier molecular flexibility index (Phi) is 6.17. The minimum atomic E-state index is -4.00. The molecule has 2 aromatic rings. The van der Waals surface area contributed by atoms with Gasteiger partial charge in [0.25, 0.3) is 5.69 Å². The summed E-state index contributed by atoms with van der Waals surface area (Å²) in [5, 5.41) is 13.7. The lowest BCUT2D eigenvalue weighted by molar-refractivity contribution is -0.385. The molecule has 1 heterocycles. The average molecular weight is 421 g/mol. The number of hydrogen-bond acceptors (Lipinski definition) is 8. The van der Waals surface area contributed by atoms with E-state index in [-0.39, 0.29) is 29.4 Å². The van der Waals surface area contributed by atoms with Crippen molar-refractivity contribution in [3.05, 3.63) is 64.2 Å². The molecule has 1 N–H and O–H groups in total. The smallest absolute Gasteiger partial charge is 0.463 e. The maximum absolute atomic E-state index is 13.2. The van der Waals surface area contributed by atoms with E-state index < -0.39 is 24.7 Å². The van der Waals surface area contributed by atoms with Crippen molar-refractivity contribution in [2.45, 2.75) is 6.04 Å². The Bertz CT molecular complexity index is 952. The molecule has 0 bridgehead atoms. The van der Waals surface area contributed by atoms with Crippen LogP contribution >= 0.6 is 7.75 Å². The number of rotatable bonds is 7. The van der Waals surface area contributed by atoms with Gasteiger partial charge in [0, 0.05) is 24.2 Å². The molecule has 1 aliphatic heterocycles. The maximum Gasteiger partial charge on any atom is 0.513 e. The van der Waals surface area contributed by atoms with Crippen molar-refractivity contribution in [1.82, 2.24) is 9.99 Å². The molecule has 0 radical (unpaired) electrons. The van der Waals surface area contributed by atoms with Crippen LogP contribution in [0.1, 0.15) is 11.6 Å². The summed E-state index contributed by atoms with van der Waals surface area (Å²) in [5.74, 6) is -0.426. The van der Waals surface area contributed by atoms with Crippen molar-refractivity contribution >= 4 is 19.4 Å². The van der Waals surface area contributed by atoms with Crippen molar-refractivity contribution in [1.29, 1.82) is 0 Å². The second kappa shape index (κ2) is 8.60. The lowest BCUT2D eigenvalue weighted by Crippen LogP contribution is -2.35. The highest BCUT2D eigenvalue weighted by molar-refractivity contribution is 7.52. The van der Waals surface area contributed by atoms with Gasteiger partial charge in [0.05, 0.1) is 4.92 Å². The lowest BCUT2D eigenvalue weighted by Gasteiger charge is -2.30. The number of para-hydroxylation sites is 1. The Balaban J connectivity index is 1.91. The normalized spacial score (nSPS) is 20.4. The Hall–Kier alpha value is -2.94. The van der Waals surface area contributed by atoms with Crippen LogP contribution in [0.15, 0.2) is 48.5 Å². The van der Waals surface area contributed by atoms with Crippen molar-refractivity contribution in [3.63, 3.8) is 0 Å². The molecular formula is C18H20N3O7P. The third kappa shape index (κ3) is 5.11. The first kappa shape index (κ1) is 20.8. The molecule has 1 aliphatic rings. The number of ether oxygens (including phenoxy) is 1. The van der Waals surface area contributed by atoms with Crippen LogP contribution < -0.4 is 14.1 Å². The van der Waals surface area contributed by atoms with Crippen molar-refractivity contribution in [3.8, 4) is 11.5 Å². The number of nitrogens with zero attached hydrogens (tertiary/aromatic N) is 2. The molecule has 2 aromatic carbocycles. The number of nitrogens with one attached hydrogen (secondary N) is 1. The van der Waals surface area contributed by atoms with E-state index in [1.165, 1.54) is 18.2 Å². The molecule has 154 valence electrons. The van der Waals surface area contributed by atoms with Gasteiger partial charge in [-0.05, 0) is 32.3 Å². The Morgan fingerprint density at radius 2 is 2.00 bits per heavy atom.